The maximum absolute atomic E-state index is 4.88. The molecule has 0 aliphatic rings. The van der Waals surface area contributed by atoms with Gasteiger partial charge in [-0.2, -0.15) is 0 Å². The van der Waals surface area contributed by atoms with Gasteiger partial charge in [-0.1, -0.05) is 84.9 Å². The van der Waals surface area contributed by atoms with E-state index in [0.29, 0.717) is 0 Å². The molecule has 0 spiro atoms. The quantitative estimate of drug-likeness (QED) is 0.245. The van der Waals surface area contributed by atoms with Crippen molar-refractivity contribution in [2.75, 3.05) is 0 Å². The van der Waals surface area contributed by atoms with Crippen LogP contribution in [0.3, 0.4) is 0 Å². The third-order valence-corrected chi connectivity index (χ3v) is 7.62. The molecule has 3 heterocycles. The van der Waals surface area contributed by atoms with Crippen LogP contribution in [0.2, 0.25) is 0 Å². The van der Waals surface area contributed by atoms with E-state index in [1.165, 1.54) is 49.2 Å². The molecule has 0 saturated heterocycles. The molecule has 0 aliphatic heterocycles. The first-order valence-electron chi connectivity index (χ1n) is 12.9. The van der Waals surface area contributed by atoms with Gasteiger partial charge in [0.2, 0.25) is 0 Å². The Hall–Kier alpha value is -5.15. The van der Waals surface area contributed by atoms with Crippen LogP contribution in [-0.2, 0) is 0 Å². The van der Waals surface area contributed by atoms with Crippen LogP contribution < -0.4 is 0 Å². The molecule has 0 bridgehead atoms. The summed E-state index contributed by atoms with van der Waals surface area (Å²) in [5, 5.41) is 6.19. The van der Waals surface area contributed by atoms with Gasteiger partial charge in [-0.15, -0.1) is 0 Å². The van der Waals surface area contributed by atoms with E-state index in [0.717, 1.165) is 16.9 Å². The number of nitrogens with zero attached hydrogens (tertiary/aromatic N) is 3. The molecule has 0 fully saturated rings. The molecule has 3 heteroatoms. The number of hydrogen-bond acceptors (Lipinski definition) is 1. The van der Waals surface area contributed by atoms with Crippen molar-refractivity contribution in [3.8, 4) is 22.6 Å². The summed E-state index contributed by atoms with van der Waals surface area (Å²) >= 11 is 0. The van der Waals surface area contributed by atoms with Crippen molar-refractivity contribution in [3.05, 3.63) is 140 Å². The Balaban J connectivity index is 1.45. The number of rotatable bonds is 3. The van der Waals surface area contributed by atoms with E-state index in [1.54, 1.807) is 0 Å². The van der Waals surface area contributed by atoms with E-state index in [4.69, 9.17) is 4.98 Å². The molecule has 178 valence electrons. The molecule has 0 saturated carbocycles. The Kier molecular flexibility index (Phi) is 4.52. The molecule has 3 nitrogen and oxygen atoms in total. The van der Waals surface area contributed by atoms with Crippen molar-refractivity contribution in [1.29, 1.82) is 0 Å². The summed E-state index contributed by atoms with van der Waals surface area (Å²) in [5.74, 6) is 0.923. The predicted molar refractivity (Wildman–Crippen MR) is 158 cm³/mol. The van der Waals surface area contributed by atoms with E-state index >= 15 is 0 Å². The summed E-state index contributed by atoms with van der Waals surface area (Å²) in [6.45, 7) is 0. The van der Waals surface area contributed by atoms with Crippen molar-refractivity contribution in [1.82, 2.24) is 14.1 Å². The maximum Gasteiger partial charge on any atom is 0.138 e. The SMILES string of the molecule is c1ccc(-c2ccnc(-n3c4ccccc4c4ccc5c6ccn(-c7ccccc7)c6ccc5c43)c2)cc1. The van der Waals surface area contributed by atoms with Crippen molar-refractivity contribution in [2.45, 2.75) is 0 Å². The fourth-order valence-electron chi connectivity index (χ4n) is 5.89. The van der Waals surface area contributed by atoms with Gasteiger partial charge >= 0.3 is 0 Å². The van der Waals surface area contributed by atoms with Crippen molar-refractivity contribution < 1.29 is 0 Å². The minimum absolute atomic E-state index is 0.923. The van der Waals surface area contributed by atoms with E-state index in [1.807, 2.05) is 6.20 Å². The Morgan fingerprint density at radius 1 is 0.474 bits per heavy atom. The fraction of sp³-hybridized carbons (Fsp3) is 0. The first-order chi connectivity index (χ1) is 18.9. The predicted octanol–water partition coefficient (Wildman–Crippen LogP) is 8.94. The van der Waals surface area contributed by atoms with Gasteiger partial charge in [0.25, 0.3) is 0 Å². The second kappa shape index (κ2) is 8.19. The van der Waals surface area contributed by atoms with Crippen LogP contribution in [0.15, 0.2) is 140 Å². The summed E-state index contributed by atoms with van der Waals surface area (Å²) in [5.41, 5.74) is 7.06. The molecular weight excluding hydrogens is 462 g/mol. The molecule has 8 aromatic rings. The monoisotopic (exact) mass is 485 g/mol. The number of aromatic nitrogens is 3. The average molecular weight is 486 g/mol. The van der Waals surface area contributed by atoms with Crippen LogP contribution in [0.4, 0.5) is 0 Å². The summed E-state index contributed by atoms with van der Waals surface area (Å²) in [6.07, 6.45) is 4.09. The highest BCUT2D eigenvalue weighted by Crippen LogP contribution is 2.39. The number of para-hydroxylation sites is 2. The number of hydrogen-bond donors (Lipinski definition) is 0. The van der Waals surface area contributed by atoms with Crippen LogP contribution in [-0.4, -0.2) is 14.1 Å². The summed E-state index contributed by atoms with van der Waals surface area (Å²) in [6, 6.07) is 45.3. The van der Waals surface area contributed by atoms with Gasteiger partial charge in [0.1, 0.15) is 5.82 Å². The van der Waals surface area contributed by atoms with Gasteiger partial charge in [-0.3, -0.25) is 4.57 Å². The van der Waals surface area contributed by atoms with Crippen LogP contribution in [0, 0.1) is 0 Å². The van der Waals surface area contributed by atoms with E-state index in [2.05, 4.69) is 143 Å². The highest BCUT2D eigenvalue weighted by atomic mass is 15.1. The lowest BCUT2D eigenvalue weighted by molar-refractivity contribution is 1.08. The molecule has 0 radical (unpaired) electrons. The zero-order chi connectivity index (χ0) is 25.1. The Morgan fingerprint density at radius 2 is 1.16 bits per heavy atom. The highest BCUT2D eigenvalue weighted by Gasteiger charge is 2.17. The lowest BCUT2D eigenvalue weighted by Gasteiger charge is -2.12. The smallest absolute Gasteiger partial charge is 0.138 e. The molecule has 0 amide bonds. The Bertz CT molecular complexity index is 2120. The lowest BCUT2D eigenvalue weighted by Crippen LogP contribution is -1.98. The van der Waals surface area contributed by atoms with Crippen molar-refractivity contribution in [2.24, 2.45) is 0 Å². The first-order valence-corrected chi connectivity index (χ1v) is 12.9. The Labute approximate surface area is 219 Å². The normalized spacial score (nSPS) is 11.7. The third kappa shape index (κ3) is 3.06. The molecule has 5 aromatic carbocycles. The van der Waals surface area contributed by atoms with Crippen molar-refractivity contribution in [3.63, 3.8) is 0 Å². The zero-order valence-electron chi connectivity index (χ0n) is 20.6. The summed E-state index contributed by atoms with van der Waals surface area (Å²) in [7, 11) is 0. The molecule has 0 N–H and O–H groups in total. The van der Waals surface area contributed by atoms with Crippen LogP contribution in [0.1, 0.15) is 0 Å². The second-order valence-electron chi connectivity index (χ2n) is 9.70. The standard InChI is InChI=1S/C35H23N3/c1-3-9-24(10-4-1)25-19-21-36-34(23-25)38-33-14-8-7-13-28(33)31-16-15-27-29-20-22-37(26-11-5-2-6-12-26)32(29)18-17-30(27)35(31)38/h1-23H. The van der Waals surface area contributed by atoms with Gasteiger partial charge < -0.3 is 4.57 Å². The van der Waals surface area contributed by atoms with Gasteiger partial charge in [-0.05, 0) is 59.0 Å². The summed E-state index contributed by atoms with van der Waals surface area (Å²) in [4.78, 5) is 4.88. The highest BCUT2D eigenvalue weighted by molar-refractivity contribution is 6.22. The van der Waals surface area contributed by atoms with E-state index in [9.17, 15) is 0 Å². The lowest BCUT2D eigenvalue weighted by atomic mass is 10.0. The van der Waals surface area contributed by atoms with Gasteiger partial charge in [-0.25, -0.2) is 4.98 Å². The third-order valence-electron chi connectivity index (χ3n) is 7.62. The van der Waals surface area contributed by atoms with Gasteiger partial charge in [0, 0.05) is 39.6 Å². The molecule has 0 unspecified atom stereocenters. The molecule has 3 aromatic heterocycles. The largest absolute Gasteiger partial charge is 0.317 e. The molecular formula is C35H23N3. The molecule has 0 aliphatic carbocycles. The minimum Gasteiger partial charge on any atom is -0.317 e. The molecule has 8 rings (SSSR count). The van der Waals surface area contributed by atoms with Crippen LogP contribution >= 0.6 is 0 Å². The maximum atomic E-state index is 4.88. The topological polar surface area (TPSA) is 22.8 Å². The Morgan fingerprint density at radius 3 is 2.03 bits per heavy atom. The number of benzene rings is 5. The number of pyridine rings is 1. The van der Waals surface area contributed by atoms with E-state index < -0.39 is 0 Å². The fourth-order valence-corrected chi connectivity index (χ4v) is 5.89. The molecule has 0 atom stereocenters. The average Bonchev–Trinajstić information content (AvgIpc) is 3.58. The van der Waals surface area contributed by atoms with Gasteiger partial charge in [0.15, 0.2) is 0 Å². The first kappa shape index (κ1) is 21.0. The number of fused-ring (bicyclic) bond motifs is 7. The second-order valence-corrected chi connectivity index (χ2v) is 9.70. The van der Waals surface area contributed by atoms with Crippen molar-refractivity contribution >= 4 is 43.5 Å². The van der Waals surface area contributed by atoms with Gasteiger partial charge in [0.05, 0.1) is 16.6 Å². The van der Waals surface area contributed by atoms with E-state index in [-0.39, 0.29) is 0 Å². The minimum atomic E-state index is 0.923. The zero-order valence-corrected chi connectivity index (χ0v) is 20.6. The molecule has 38 heavy (non-hydrogen) atoms. The summed E-state index contributed by atoms with van der Waals surface area (Å²) < 4.78 is 4.60. The van der Waals surface area contributed by atoms with Crippen LogP contribution in [0.25, 0.3) is 66.1 Å². The van der Waals surface area contributed by atoms with Crippen LogP contribution in [0.5, 0.6) is 0 Å².